The minimum Gasteiger partial charge on any atom is -0.353 e. The first-order valence-corrected chi connectivity index (χ1v) is 8.98. The van der Waals surface area contributed by atoms with E-state index < -0.39 is 6.04 Å². The molecule has 0 aliphatic carbocycles. The lowest BCUT2D eigenvalue weighted by Crippen LogP contribution is -2.58. The first-order valence-electron chi connectivity index (χ1n) is 7.72. The van der Waals surface area contributed by atoms with E-state index in [1.54, 1.807) is 41.8 Å². The molecule has 2 aromatic rings. The summed E-state index contributed by atoms with van der Waals surface area (Å²) in [5, 5.41) is 7.72. The third-order valence-corrected chi connectivity index (χ3v) is 4.90. The summed E-state index contributed by atoms with van der Waals surface area (Å²) < 4.78 is 0. The molecule has 1 unspecified atom stereocenters. The summed E-state index contributed by atoms with van der Waals surface area (Å²) in [6.45, 7) is 0.750. The van der Waals surface area contributed by atoms with Crippen molar-refractivity contribution in [2.75, 3.05) is 18.4 Å². The summed E-state index contributed by atoms with van der Waals surface area (Å²) in [5.41, 5.74) is 0.546. The second-order valence-corrected chi connectivity index (χ2v) is 6.93. The number of nitrogens with zero attached hydrogens (tertiary/aromatic N) is 1. The van der Waals surface area contributed by atoms with E-state index in [-0.39, 0.29) is 24.1 Å². The molecule has 1 fully saturated rings. The SMILES string of the molecule is O=C(CC1C(=O)NCCN1C(=O)c1cccs1)Nc1cccc(Cl)c1. The summed E-state index contributed by atoms with van der Waals surface area (Å²) in [5.74, 6) is -0.906. The Kier molecular flexibility index (Phi) is 5.35. The maximum Gasteiger partial charge on any atom is 0.264 e. The molecule has 25 heavy (non-hydrogen) atoms. The number of piperazine rings is 1. The van der Waals surface area contributed by atoms with Gasteiger partial charge in [-0.1, -0.05) is 23.7 Å². The van der Waals surface area contributed by atoms with E-state index in [9.17, 15) is 14.4 Å². The minimum atomic E-state index is -0.831. The van der Waals surface area contributed by atoms with Crippen LogP contribution in [0.1, 0.15) is 16.1 Å². The van der Waals surface area contributed by atoms with E-state index in [1.165, 1.54) is 16.2 Å². The van der Waals surface area contributed by atoms with Gasteiger partial charge in [0.15, 0.2) is 0 Å². The van der Waals surface area contributed by atoms with Crippen LogP contribution in [0.5, 0.6) is 0 Å². The molecule has 1 aliphatic heterocycles. The highest BCUT2D eigenvalue weighted by Gasteiger charge is 2.35. The van der Waals surface area contributed by atoms with Crippen molar-refractivity contribution in [2.24, 2.45) is 0 Å². The minimum absolute atomic E-state index is 0.116. The molecule has 8 heteroatoms. The van der Waals surface area contributed by atoms with Crippen molar-refractivity contribution in [1.29, 1.82) is 0 Å². The molecule has 1 atom stereocenters. The van der Waals surface area contributed by atoms with Gasteiger partial charge in [-0.05, 0) is 29.6 Å². The van der Waals surface area contributed by atoms with Crippen LogP contribution in [-0.2, 0) is 9.59 Å². The highest BCUT2D eigenvalue weighted by molar-refractivity contribution is 7.12. The Morgan fingerprint density at radius 2 is 2.16 bits per heavy atom. The molecule has 1 saturated heterocycles. The lowest BCUT2D eigenvalue weighted by atomic mass is 10.1. The number of carbonyl (C=O) groups is 3. The van der Waals surface area contributed by atoms with Gasteiger partial charge in [0.1, 0.15) is 6.04 Å². The van der Waals surface area contributed by atoms with Gasteiger partial charge in [-0.3, -0.25) is 14.4 Å². The van der Waals surface area contributed by atoms with Gasteiger partial charge in [-0.2, -0.15) is 0 Å². The number of hydrogen-bond acceptors (Lipinski definition) is 4. The van der Waals surface area contributed by atoms with Crippen LogP contribution in [0.25, 0.3) is 0 Å². The molecule has 0 radical (unpaired) electrons. The van der Waals surface area contributed by atoms with Crippen molar-refractivity contribution in [3.63, 3.8) is 0 Å². The van der Waals surface area contributed by atoms with Crippen LogP contribution in [-0.4, -0.2) is 41.8 Å². The Morgan fingerprint density at radius 1 is 1.32 bits per heavy atom. The highest BCUT2D eigenvalue weighted by Crippen LogP contribution is 2.19. The number of carbonyl (C=O) groups excluding carboxylic acids is 3. The zero-order chi connectivity index (χ0) is 17.8. The van der Waals surface area contributed by atoms with Crippen LogP contribution in [0.3, 0.4) is 0 Å². The van der Waals surface area contributed by atoms with Gasteiger partial charge in [0, 0.05) is 23.8 Å². The number of thiophene rings is 1. The van der Waals surface area contributed by atoms with Crippen molar-refractivity contribution in [1.82, 2.24) is 10.2 Å². The van der Waals surface area contributed by atoms with Gasteiger partial charge in [-0.15, -0.1) is 11.3 Å². The number of benzene rings is 1. The third kappa shape index (κ3) is 4.18. The molecule has 0 spiro atoms. The van der Waals surface area contributed by atoms with Gasteiger partial charge in [-0.25, -0.2) is 0 Å². The maximum absolute atomic E-state index is 12.6. The van der Waals surface area contributed by atoms with Crippen LogP contribution in [0, 0.1) is 0 Å². The van der Waals surface area contributed by atoms with E-state index >= 15 is 0 Å². The number of halogens is 1. The highest BCUT2D eigenvalue weighted by atomic mass is 35.5. The second kappa shape index (κ2) is 7.67. The standard InChI is InChI=1S/C17H16ClN3O3S/c18-11-3-1-4-12(9-11)20-15(22)10-13-16(23)19-6-7-21(13)17(24)14-5-2-8-25-14/h1-5,8-9,13H,6-7,10H2,(H,19,23)(H,20,22). The molecule has 1 aliphatic rings. The number of amides is 3. The van der Waals surface area contributed by atoms with Gasteiger partial charge in [0.25, 0.3) is 5.91 Å². The Balaban J connectivity index is 1.71. The zero-order valence-electron chi connectivity index (χ0n) is 13.2. The van der Waals surface area contributed by atoms with E-state index in [4.69, 9.17) is 11.6 Å². The third-order valence-electron chi connectivity index (χ3n) is 3.81. The summed E-state index contributed by atoms with van der Waals surface area (Å²) in [6, 6.07) is 9.41. The molecule has 3 amide bonds. The average Bonchev–Trinajstić information content (AvgIpc) is 3.10. The van der Waals surface area contributed by atoms with E-state index in [0.717, 1.165) is 0 Å². The van der Waals surface area contributed by atoms with Gasteiger partial charge in [0.2, 0.25) is 11.8 Å². The van der Waals surface area contributed by atoms with Crippen molar-refractivity contribution in [3.05, 3.63) is 51.7 Å². The van der Waals surface area contributed by atoms with Crippen LogP contribution < -0.4 is 10.6 Å². The Labute approximate surface area is 153 Å². The largest absolute Gasteiger partial charge is 0.353 e. The van der Waals surface area contributed by atoms with Crippen LogP contribution >= 0.6 is 22.9 Å². The van der Waals surface area contributed by atoms with Crippen molar-refractivity contribution < 1.29 is 14.4 Å². The van der Waals surface area contributed by atoms with Gasteiger partial charge in [0.05, 0.1) is 11.3 Å². The summed E-state index contributed by atoms with van der Waals surface area (Å²) in [4.78, 5) is 39.2. The lowest BCUT2D eigenvalue weighted by Gasteiger charge is -2.34. The molecule has 6 nitrogen and oxygen atoms in total. The Hall–Kier alpha value is -2.38. The second-order valence-electron chi connectivity index (χ2n) is 5.55. The van der Waals surface area contributed by atoms with Gasteiger partial charge >= 0.3 is 0 Å². The van der Waals surface area contributed by atoms with Crippen molar-refractivity contribution in [2.45, 2.75) is 12.5 Å². The van der Waals surface area contributed by atoms with E-state index in [1.807, 2.05) is 0 Å². The smallest absolute Gasteiger partial charge is 0.264 e. The number of hydrogen-bond donors (Lipinski definition) is 2. The average molecular weight is 378 g/mol. The molecule has 1 aromatic carbocycles. The molecule has 1 aromatic heterocycles. The summed E-state index contributed by atoms with van der Waals surface area (Å²) >= 11 is 7.21. The lowest BCUT2D eigenvalue weighted by molar-refractivity contribution is -0.131. The molecule has 0 saturated carbocycles. The number of nitrogens with one attached hydrogen (secondary N) is 2. The van der Waals surface area contributed by atoms with Gasteiger partial charge < -0.3 is 15.5 Å². The maximum atomic E-state index is 12.6. The topological polar surface area (TPSA) is 78.5 Å². The summed E-state index contributed by atoms with van der Waals surface area (Å²) in [7, 11) is 0. The summed E-state index contributed by atoms with van der Waals surface area (Å²) in [6.07, 6.45) is -0.116. The normalized spacial score (nSPS) is 17.1. The van der Waals surface area contributed by atoms with E-state index in [0.29, 0.717) is 28.7 Å². The zero-order valence-corrected chi connectivity index (χ0v) is 14.8. The molecule has 2 N–H and O–H groups in total. The predicted octanol–water partition coefficient (Wildman–Crippen LogP) is 2.37. The van der Waals surface area contributed by atoms with Crippen LogP contribution in [0.15, 0.2) is 41.8 Å². The molecule has 0 bridgehead atoms. The first kappa shape index (κ1) is 17.4. The van der Waals surface area contributed by atoms with Crippen LogP contribution in [0.2, 0.25) is 5.02 Å². The Bertz CT molecular complexity index is 794. The predicted molar refractivity (Wildman–Crippen MR) is 96.9 cm³/mol. The molecule has 2 heterocycles. The fraction of sp³-hybridized carbons (Fsp3) is 0.235. The molecule has 3 rings (SSSR count). The monoisotopic (exact) mass is 377 g/mol. The number of rotatable bonds is 4. The Morgan fingerprint density at radius 3 is 2.88 bits per heavy atom. The number of anilines is 1. The van der Waals surface area contributed by atoms with Crippen molar-refractivity contribution in [3.8, 4) is 0 Å². The fourth-order valence-electron chi connectivity index (χ4n) is 2.66. The molecular formula is C17H16ClN3O3S. The fourth-order valence-corrected chi connectivity index (χ4v) is 3.53. The quantitative estimate of drug-likeness (QED) is 0.858. The van der Waals surface area contributed by atoms with E-state index in [2.05, 4.69) is 10.6 Å². The molecule has 130 valence electrons. The first-order chi connectivity index (χ1) is 12.0. The van der Waals surface area contributed by atoms with Crippen molar-refractivity contribution >= 4 is 46.3 Å². The van der Waals surface area contributed by atoms with Crippen LogP contribution in [0.4, 0.5) is 5.69 Å². The molecular weight excluding hydrogens is 362 g/mol.